The van der Waals surface area contributed by atoms with Gasteiger partial charge in [-0.05, 0) is 32.9 Å². The predicted octanol–water partition coefficient (Wildman–Crippen LogP) is 2.91. The second-order valence-corrected chi connectivity index (χ2v) is 6.30. The van der Waals surface area contributed by atoms with Crippen molar-refractivity contribution in [1.82, 2.24) is 25.3 Å². The maximum Gasteiger partial charge on any atom is 0.251 e. The molecule has 0 saturated heterocycles. The van der Waals surface area contributed by atoms with Crippen molar-refractivity contribution >= 4 is 5.91 Å². The zero-order chi connectivity index (χ0) is 18.5. The maximum absolute atomic E-state index is 12.4. The molecule has 0 spiro atoms. The molecule has 1 aromatic carbocycles. The monoisotopic (exact) mass is 347 g/mol. The topological polar surface area (TPSA) is 80.7 Å². The van der Waals surface area contributed by atoms with Gasteiger partial charge in [-0.3, -0.25) is 19.7 Å². The maximum atomic E-state index is 12.4. The highest BCUT2D eigenvalue weighted by molar-refractivity contribution is 5.94. The average Bonchev–Trinajstić information content (AvgIpc) is 2.64. The number of carbonyl (C=O) groups is 1. The standard InChI is InChI=1S/C20H21N5O/c1-13(10-18-12-21-8-9-22-18)25-20(26)17-6-4-16(5-7-17)19-15(3)23-11-14(2)24-19/h4-9,11-13H,10H2,1-3H3,(H,25,26)/t13-/m1/s1. The van der Waals surface area contributed by atoms with Gasteiger partial charge in [0.2, 0.25) is 0 Å². The first-order valence-corrected chi connectivity index (χ1v) is 8.49. The molecule has 0 aliphatic heterocycles. The lowest BCUT2D eigenvalue weighted by molar-refractivity contribution is 0.0940. The molecule has 1 amide bonds. The number of aromatic nitrogens is 4. The summed E-state index contributed by atoms with van der Waals surface area (Å²) in [5, 5.41) is 2.99. The summed E-state index contributed by atoms with van der Waals surface area (Å²) in [6.07, 6.45) is 7.38. The number of hydrogen-bond donors (Lipinski definition) is 1. The van der Waals surface area contributed by atoms with Gasteiger partial charge in [0.1, 0.15) is 0 Å². The molecule has 6 heteroatoms. The van der Waals surface area contributed by atoms with Gasteiger partial charge in [-0.1, -0.05) is 12.1 Å². The number of nitrogens with one attached hydrogen (secondary N) is 1. The van der Waals surface area contributed by atoms with Gasteiger partial charge in [0.05, 0.1) is 22.8 Å². The van der Waals surface area contributed by atoms with Crippen molar-refractivity contribution in [3.8, 4) is 11.3 Å². The Morgan fingerprint density at radius 1 is 1.08 bits per heavy atom. The molecular formula is C20H21N5O. The molecule has 3 aromatic rings. The van der Waals surface area contributed by atoms with Crippen LogP contribution >= 0.6 is 0 Å². The van der Waals surface area contributed by atoms with Crippen molar-refractivity contribution in [3.63, 3.8) is 0 Å². The Morgan fingerprint density at radius 2 is 1.85 bits per heavy atom. The molecule has 26 heavy (non-hydrogen) atoms. The predicted molar refractivity (Wildman–Crippen MR) is 99.6 cm³/mol. The van der Waals surface area contributed by atoms with Gasteiger partial charge >= 0.3 is 0 Å². The molecule has 2 heterocycles. The van der Waals surface area contributed by atoms with Crippen LogP contribution in [0, 0.1) is 13.8 Å². The van der Waals surface area contributed by atoms with E-state index in [4.69, 9.17) is 0 Å². The van der Waals surface area contributed by atoms with Crippen LogP contribution in [0.2, 0.25) is 0 Å². The molecule has 0 saturated carbocycles. The lowest BCUT2D eigenvalue weighted by atomic mass is 10.1. The van der Waals surface area contributed by atoms with Gasteiger partial charge < -0.3 is 5.32 Å². The fraction of sp³-hybridized carbons (Fsp3) is 0.250. The van der Waals surface area contributed by atoms with E-state index in [0.717, 1.165) is 28.3 Å². The zero-order valence-corrected chi connectivity index (χ0v) is 15.1. The van der Waals surface area contributed by atoms with E-state index in [1.807, 2.05) is 45.0 Å². The number of amides is 1. The first kappa shape index (κ1) is 17.7. The SMILES string of the molecule is Cc1cnc(C)c(-c2ccc(C(=O)N[C@H](C)Cc3cnccn3)cc2)n1. The first-order valence-electron chi connectivity index (χ1n) is 8.49. The summed E-state index contributed by atoms with van der Waals surface area (Å²) >= 11 is 0. The van der Waals surface area contributed by atoms with Crippen LogP contribution in [0.3, 0.4) is 0 Å². The summed E-state index contributed by atoms with van der Waals surface area (Å²) in [4.78, 5) is 29.6. The quantitative estimate of drug-likeness (QED) is 0.767. The van der Waals surface area contributed by atoms with Gasteiger partial charge in [-0.15, -0.1) is 0 Å². The molecule has 6 nitrogen and oxygen atoms in total. The van der Waals surface area contributed by atoms with Crippen LogP contribution in [0.15, 0.2) is 49.1 Å². The van der Waals surface area contributed by atoms with Crippen molar-refractivity contribution in [1.29, 1.82) is 0 Å². The molecular weight excluding hydrogens is 326 g/mol. The highest BCUT2D eigenvalue weighted by Crippen LogP contribution is 2.20. The highest BCUT2D eigenvalue weighted by Gasteiger charge is 2.12. The van der Waals surface area contributed by atoms with E-state index < -0.39 is 0 Å². The van der Waals surface area contributed by atoms with Crippen molar-refractivity contribution in [3.05, 3.63) is 71.7 Å². The largest absolute Gasteiger partial charge is 0.349 e. The Labute approximate surface area is 152 Å². The molecule has 0 aliphatic carbocycles. The number of nitrogens with zero attached hydrogens (tertiary/aromatic N) is 4. The zero-order valence-electron chi connectivity index (χ0n) is 15.1. The number of carbonyl (C=O) groups excluding carboxylic acids is 1. The Morgan fingerprint density at radius 3 is 2.54 bits per heavy atom. The first-order chi connectivity index (χ1) is 12.5. The molecule has 132 valence electrons. The summed E-state index contributed by atoms with van der Waals surface area (Å²) in [5.74, 6) is -0.111. The van der Waals surface area contributed by atoms with Crippen LogP contribution in [-0.4, -0.2) is 31.9 Å². The minimum atomic E-state index is -0.111. The van der Waals surface area contributed by atoms with E-state index in [9.17, 15) is 4.79 Å². The van der Waals surface area contributed by atoms with Gasteiger partial charge in [0.15, 0.2) is 0 Å². The van der Waals surface area contributed by atoms with E-state index >= 15 is 0 Å². The summed E-state index contributed by atoms with van der Waals surface area (Å²) < 4.78 is 0. The summed E-state index contributed by atoms with van der Waals surface area (Å²) in [6.45, 7) is 5.79. The van der Waals surface area contributed by atoms with Crippen LogP contribution in [0.4, 0.5) is 0 Å². The molecule has 2 aromatic heterocycles. The fourth-order valence-corrected chi connectivity index (χ4v) is 2.70. The van der Waals surface area contributed by atoms with E-state index in [1.165, 1.54) is 0 Å². The minimum absolute atomic E-state index is 0.0382. The summed E-state index contributed by atoms with van der Waals surface area (Å²) in [6, 6.07) is 7.38. The second-order valence-electron chi connectivity index (χ2n) is 6.30. The van der Waals surface area contributed by atoms with Crippen LogP contribution in [0.1, 0.15) is 34.4 Å². The van der Waals surface area contributed by atoms with Crippen LogP contribution in [-0.2, 0) is 6.42 Å². The van der Waals surface area contributed by atoms with Gasteiger partial charge in [-0.2, -0.15) is 0 Å². The number of benzene rings is 1. The van der Waals surface area contributed by atoms with Gasteiger partial charge in [0, 0.05) is 48.4 Å². The van der Waals surface area contributed by atoms with Crippen molar-refractivity contribution < 1.29 is 4.79 Å². The number of aryl methyl sites for hydroxylation is 2. The van der Waals surface area contributed by atoms with Gasteiger partial charge in [0.25, 0.3) is 5.91 Å². The average molecular weight is 347 g/mol. The normalized spacial score (nSPS) is 11.8. The fourth-order valence-electron chi connectivity index (χ4n) is 2.70. The van der Waals surface area contributed by atoms with Crippen molar-refractivity contribution in [2.45, 2.75) is 33.2 Å². The van der Waals surface area contributed by atoms with E-state index in [1.54, 1.807) is 24.8 Å². The smallest absolute Gasteiger partial charge is 0.251 e. The molecule has 1 atom stereocenters. The molecule has 1 N–H and O–H groups in total. The van der Waals surface area contributed by atoms with Crippen molar-refractivity contribution in [2.75, 3.05) is 0 Å². The number of hydrogen-bond acceptors (Lipinski definition) is 5. The van der Waals surface area contributed by atoms with E-state index in [0.29, 0.717) is 12.0 Å². The van der Waals surface area contributed by atoms with Gasteiger partial charge in [-0.25, -0.2) is 4.98 Å². The third-order valence-corrected chi connectivity index (χ3v) is 4.01. The Bertz CT molecular complexity index is 894. The van der Waals surface area contributed by atoms with Crippen LogP contribution in [0.5, 0.6) is 0 Å². The second kappa shape index (κ2) is 7.82. The Balaban J connectivity index is 1.68. The Hall–Kier alpha value is -3.15. The summed E-state index contributed by atoms with van der Waals surface area (Å²) in [7, 11) is 0. The number of rotatable bonds is 5. The molecule has 3 rings (SSSR count). The highest BCUT2D eigenvalue weighted by atomic mass is 16.1. The van der Waals surface area contributed by atoms with Crippen molar-refractivity contribution in [2.24, 2.45) is 0 Å². The lowest BCUT2D eigenvalue weighted by Gasteiger charge is -2.13. The van der Waals surface area contributed by atoms with E-state index in [-0.39, 0.29) is 11.9 Å². The van der Waals surface area contributed by atoms with E-state index in [2.05, 4.69) is 25.3 Å². The molecule has 0 fully saturated rings. The van der Waals surface area contributed by atoms with Crippen LogP contribution in [0.25, 0.3) is 11.3 Å². The lowest BCUT2D eigenvalue weighted by Crippen LogP contribution is -2.34. The summed E-state index contributed by atoms with van der Waals surface area (Å²) in [5.41, 5.74) is 4.98. The minimum Gasteiger partial charge on any atom is -0.349 e. The molecule has 0 unspecified atom stereocenters. The molecule has 0 aliphatic rings. The molecule has 0 bridgehead atoms. The Kier molecular flexibility index (Phi) is 5.31. The third-order valence-electron chi connectivity index (χ3n) is 4.01. The third kappa shape index (κ3) is 4.27. The van der Waals surface area contributed by atoms with Crippen LogP contribution < -0.4 is 5.32 Å². The molecule has 0 radical (unpaired) electrons.